The van der Waals surface area contributed by atoms with Gasteiger partial charge in [0.25, 0.3) is 0 Å². The number of aromatic nitrogens is 5. The lowest BCUT2D eigenvalue weighted by molar-refractivity contribution is 1.05. The molecular formula is C92H65N5. The molecule has 5 heteroatoms. The molecule has 0 atom stereocenters. The molecule has 458 valence electrons. The molecule has 0 spiro atoms. The van der Waals surface area contributed by atoms with E-state index in [1.54, 1.807) is 0 Å². The van der Waals surface area contributed by atoms with Gasteiger partial charge >= 0.3 is 0 Å². The predicted molar refractivity (Wildman–Crippen MR) is 407 cm³/mol. The van der Waals surface area contributed by atoms with Gasteiger partial charge in [0, 0.05) is 60.9 Å². The molecule has 4 aromatic heterocycles. The zero-order chi connectivity index (χ0) is 64.8. The molecule has 0 fully saturated rings. The molecule has 18 aromatic rings. The molecule has 0 N–H and O–H groups in total. The molecule has 0 saturated carbocycles. The van der Waals surface area contributed by atoms with Gasteiger partial charge in [0.1, 0.15) is 5.82 Å². The van der Waals surface area contributed by atoms with Crippen LogP contribution in [0.15, 0.2) is 322 Å². The Kier molecular flexibility index (Phi) is 13.7. The average molecular weight is 1240 g/mol. The van der Waals surface area contributed by atoms with Crippen LogP contribution in [0.1, 0.15) is 22.3 Å². The minimum Gasteiger partial charge on any atom is -0.309 e. The Morgan fingerprint density at radius 3 is 0.804 bits per heavy atom. The first kappa shape index (κ1) is 57.2. The normalized spacial score (nSPS) is 11.7. The smallest absolute Gasteiger partial charge is 0.162 e. The zero-order valence-electron chi connectivity index (χ0n) is 54.3. The predicted octanol–water partition coefficient (Wildman–Crippen LogP) is 24.3. The molecule has 18 rings (SSSR count). The first-order chi connectivity index (χ1) is 47.7. The van der Waals surface area contributed by atoms with Crippen LogP contribution in [-0.4, -0.2) is 23.7 Å². The van der Waals surface area contributed by atoms with E-state index in [0.717, 1.165) is 94.6 Å². The summed E-state index contributed by atoms with van der Waals surface area (Å²) >= 11 is 0. The van der Waals surface area contributed by atoms with Crippen LogP contribution in [0.5, 0.6) is 0 Å². The fraction of sp³-hybridized carbons (Fsp3) is 0.0435. The van der Waals surface area contributed by atoms with Crippen LogP contribution >= 0.6 is 0 Å². The minimum atomic E-state index is 0.642. The Labute approximate surface area is 563 Å². The van der Waals surface area contributed by atoms with Gasteiger partial charge in [0.15, 0.2) is 5.82 Å². The maximum absolute atomic E-state index is 5.64. The summed E-state index contributed by atoms with van der Waals surface area (Å²) < 4.78 is 7.31. The average Bonchev–Trinajstić information content (AvgIpc) is 1.60. The van der Waals surface area contributed by atoms with Crippen molar-refractivity contribution in [3.63, 3.8) is 0 Å². The number of benzene rings is 14. The highest BCUT2D eigenvalue weighted by atomic mass is 15.1. The number of nitrogens with zero attached hydrogens (tertiary/aromatic N) is 5. The quantitative estimate of drug-likeness (QED) is 0.129. The summed E-state index contributed by atoms with van der Waals surface area (Å²) in [6, 6.07) is 118. The van der Waals surface area contributed by atoms with E-state index in [-0.39, 0.29) is 0 Å². The van der Waals surface area contributed by atoms with Crippen molar-refractivity contribution in [1.82, 2.24) is 23.7 Å². The summed E-state index contributed by atoms with van der Waals surface area (Å²) in [5, 5.41) is 6.99. The van der Waals surface area contributed by atoms with Gasteiger partial charge in [-0.15, -0.1) is 0 Å². The highest BCUT2D eigenvalue weighted by Gasteiger charge is 2.23. The van der Waals surface area contributed by atoms with Gasteiger partial charge in [-0.05, 0) is 179 Å². The summed E-state index contributed by atoms with van der Waals surface area (Å²) in [4.78, 5) is 11.1. The fourth-order valence-corrected chi connectivity index (χ4v) is 14.6. The Morgan fingerprint density at radius 2 is 0.454 bits per heavy atom. The summed E-state index contributed by atoms with van der Waals surface area (Å²) in [6.45, 7) is 8.60. The summed E-state index contributed by atoms with van der Waals surface area (Å²) in [5.74, 6) is 1.41. The van der Waals surface area contributed by atoms with Crippen molar-refractivity contribution in [1.29, 1.82) is 0 Å². The van der Waals surface area contributed by atoms with Crippen molar-refractivity contribution in [2.45, 2.75) is 27.7 Å². The van der Waals surface area contributed by atoms with E-state index >= 15 is 0 Å². The fourth-order valence-electron chi connectivity index (χ4n) is 14.6. The monoisotopic (exact) mass is 1240 g/mol. The third-order valence-electron chi connectivity index (χ3n) is 19.8. The topological polar surface area (TPSA) is 40.6 Å². The maximum Gasteiger partial charge on any atom is 0.162 e. The maximum atomic E-state index is 5.64. The first-order valence-electron chi connectivity index (χ1n) is 33.4. The molecule has 0 bridgehead atoms. The van der Waals surface area contributed by atoms with E-state index < -0.39 is 0 Å². The number of aryl methyl sites for hydroxylation is 4. The van der Waals surface area contributed by atoms with Gasteiger partial charge in [-0.2, -0.15) is 0 Å². The van der Waals surface area contributed by atoms with E-state index in [0.29, 0.717) is 5.82 Å². The molecule has 0 unspecified atom stereocenters. The first-order valence-corrected chi connectivity index (χ1v) is 33.4. The van der Waals surface area contributed by atoms with Gasteiger partial charge < -0.3 is 9.13 Å². The number of hydrogen-bond donors (Lipinski definition) is 0. The van der Waals surface area contributed by atoms with Crippen LogP contribution < -0.4 is 0 Å². The molecule has 14 aromatic carbocycles. The van der Waals surface area contributed by atoms with Gasteiger partial charge in [-0.3, -0.25) is 4.57 Å². The SMILES string of the molecule is Cc1ccc(-c2ccc3c(c2)c2cc(-c4ccc(C)cc4)ccc2n3-c2ccc3c(c2)c2cc(-n4c5ccc(-c6ccc(C)cc6)cc5c5cc(-c6ccc(C)cc6)ccc54)ccc2n3-c2cc(-c3ccc(-c4ccccc4)cc3)nc(-c3ccc(-c4ccccc4)cc3)n2)cc1. The third-order valence-corrected chi connectivity index (χ3v) is 19.8. The molecule has 0 aliphatic carbocycles. The molecule has 0 aliphatic heterocycles. The van der Waals surface area contributed by atoms with Crippen LogP contribution in [0, 0.1) is 27.7 Å². The Morgan fingerprint density at radius 1 is 0.196 bits per heavy atom. The van der Waals surface area contributed by atoms with Crippen LogP contribution in [0.25, 0.3) is 172 Å². The van der Waals surface area contributed by atoms with Crippen molar-refractivity contribution >= 4 is 65.4 Å². The lowest BCUT2D eigenvalue weighted by Crippen LogP contribution is -2.03. The Balaban J connectivity index is 0.883. The van der Waals surface area contributed by atoms with Crippen LogP contribution in [0.3, 0.4) is 0 Å². The molecule has 4 heterocycles. The number of fused-ring (bicyclic) bond motifs is 9. The van der Waals surface area contributed by atoms with E-state index in [1.807, 2.05) is 0 Å². The van der Waals surface area contributed by atoms with Crippen molar-refractivity contribution in [3.05, 3.63) is 344 Å². The summed E-state index contributed by atoms with van der Waals surface area (Å²) in [7, 11) is 0. The highest BCUT2D eigenvalue weighted by molar-refractivity contribution is 6.16. The minimum absolute atomic E-state index is 0.642. The van der Waals surface area contributed by atoms with Crippen molar-refractivity contribution in [2.75, 3.05) is 0 Å². The molecule has 0 radical (unpaired) electrons. The summed E-state index contributed by atoms with van der Waals surface area (Å²) in [6.07, 6.45) is 0. The Hall–Kier alpha value is -12.4. The van der Waals surface area contributed by atoms with Gasteiger partial charge in [-0.1, -0.05) is 253 Å². The lowest BCUT2D eigenvalue weighted by atomic mass is 9.99. The zero-order valence-corrected chi connectivity index (χ0v) is 54.3. The molecule has 97 heavy (non-hydrogen) atoms. The summed E-state index contributed by atoms with van der Waals surface area (Å²) in [5.41, 5.74) is 30.6. The largest absolute Gasteiger partial charge is 0.309 e. The van der Waals surface area contributed by atoms with E-state index in [9.17, 15) is 0 Å². The molecule has 0 amide bonds. The van der Waals surface area contributed by atoms with Crippen LogP contribution in [0.4, 0.5) is 0 Å². The van der Waals surface area contributed by atoms with Gasteiger partial charge in [-0.25, -0.2) is 9.97 Å². The lowest BCUT2D eigenvalue weighted by Gasteiger charge is -2.14. The molecular weight excluding hydrogens is 1180 g/mol. The van der Waals surface area contributed by atoms with Crippen molar-refractivity contribution in [3.8, 4) is 107 Å². The number of rotatable bonds is 11. The second-order valence-corrected chi connectivity index (χ2v) is 26.1. The standard InChI is InChI=1S/C92H65N5/c1-58-15-23-66(24-16-58)72-39-45-85-78(51-72)79-52-73(67-25-17-59(2)18-26-67)40-46-86(79)95(85)76-43-49-89-82(55-76)83-56-77(96-87-47-41-74(68-27-19-60(3)20-28-68)53-80(87)81-54-75(42-48-88(81)96)69-29-21-61(4)22-30-69)44-50-90(83)97(89)91-57-84(70-35-31-64(32-36-70)62-11-7-5-8-12-62)93-92(94-91)71-37-33-65(34-38-71)63-13-9-6-10-14-63/h5-57H,1-4H3. The molecule has 0 saturated heterocycles. The third kappa shape index (κ3) is 10.2. The van der Waals surface area contributed by atoms with Crippen LogP contribution in [0.2, 0.25) is 0 Å². The van der Waals surface area contributed by atoms with Gasteiger partial charge in [0.2, 0.25) is 0 Å². The van der Waals surface area contributed by atoms with E-state index in [1.165, 1.54) is 93.9 Å². The second-order valence-electron chi connectivity index (χ2n) is 26.1. The molecule has 0 aliphatic rings. The van der Waals surface area contributed by atoms with Gasteiger partial charge in [0.05, 0.1) is 38.8 Å². The second kappa shape index (κ2) is 23.2. The van der Waals surface area contributed by atoms with E-state index in [4.69, 9.17) is 9.97 Å². The highest BCUT2D eigenvalue weighted by Crippen LogP contribution is 2.44. The number of hydrogen-bond acceptors (Lipinski definition) is 2. The van der Waals surface area contributed by atoms with Crippen molar-refractivity contribution < 1.29 is 0 Å². The van der Waals surface area contributed by atoms with Crippen LogP contribution in [-0.2, 0) is 0 Å². The van der Waals surface area contributed by atoms with E-state index in [2.05, 4.69) is 363 Å². The van der Waals surface area contributed by atoms with Crippen molar-refractivity contribution in [2.24, 2.45) is 0 Å². The Bertz CT molecular complexity index is 5500. The molecule has 5 nitrogen and oxygen atoms in total.